The van der Waals surface area contributed by atoms with Gasteiger partial charge in [0.2, 0.25) is 12.0 Å². The molecular formula is C23H42N2O7. The van der Waals surface area contributed by atoms with E-state index in [1.165, 1.54) is 7.11 Å². The fraction of sp³-hybridized carbons (Fsp3) is 0.826. The summed E-state index contributed by atoms with van der Waals surface area (Å²) in [6, 6.07) is -1.72. The van der Waals surface area contributed by atoms with Gasteiger partial charge in [-0.3, -0.25) is 9.59 Å². The molecular weight excluding hydrogens is 416 g/mol. The number of amides is 2. The lowest BCUT2D eigenvalue weighted by molar-refractivity contribution is -0.175. The highest BCUT2D eigenvalue weighted by molar-refractivity contribution is 5.87. The van der Waals surface area contributed by atoms with Crippen molar-refractivity contribution in [2.24, 2.45) is 11.3 Å². The van der Waals surface area contributed by atoms with Crippen LogP contribution in [-0.2, 0) is 28.6 Å². The van der Waals surface area contributed by atoms with Crippen molar-refractivity contribution >= 4 is 23.9 Å². The summed E-state index contributed by atoms with van der Waals surface area (Å²) in [5, 5.41) is 5.39. The third kappa shape index (κ3) is 10.3. The minimum atomic E-state index is -1.32. The molecule has 2 amide bonds. The minimum Gasteiger partial charge on any atom is -0.466 e. The van der Waals surface area contributed by atoms with Crippen LogP contribution in [0, 0.1) is 11.3 Å². The lowest BCUT2D eigenvalue weighted by atomic mass is 9.92. The molecule has 0 rings (SSSR count). The summed E-state index contributed by atoms with van der Waals surface area (Å²) in [5.41, 5.74) is -1.56. The number of ether oxygens (including phenoxy) is 3. The molecule has 9 nitrogen and oxygen atoms in total. The molecule has 0 aliphatic heterocycles. The second kappa shape index (κ2) is 12.6. The third-order valence-electron chi connectivity index (χ3n) is 4.76. The Morgan fingerprint density at radius 1 is 0.938 bits per heavy atom. The molecule has 32 heavy (non-hydrogen) atoms. The largest absolute Gasteiger partial charge is 0.466 e. The number of esters is 2. The number of methoxy groups -OCH3 is 1. The van der Waals surface area contributed by atoms with Crippen LogP contribution in [0.2, 0.25) is 0 Å². The maximum Gasteiger partial charge on any atom is 0.408 e. The van der Waals surface area contributed by atoms with E-state index in [1.54, 1.807) is 41.5 Å². The first-order valence-corrected chi connectivity index (χ1v) is 11.2. The van der Waals surface area contributed by atoms with Gasteiger partial charge < -0.3 is 24.8 Å². The van der Waals surface area contributed by atoms with Gasteiger partial charge in [0.15, 0.2) is 0 Å². The molecule has 0 heterocycles. The van der Waals surface area contributed by atoms with Crippen molar-refractivity contribution in [3.05, 3.63) is 0 Å². The van der Waals surface area contributed by atoms with E-state index in [1.807, 2.05) is 20.8 Å². The molecule has 0 aliphatic carbocycles. The molecule has 2 N–H and O–H groups in total. The fourth-order valence-electron chi connectivity index (χ4n) is 2.72. The normalized spacial score (nSPS) is 15.6. The van der Waals surface area contributed by atoms with Gasteiger partial charge in [-0.05, 0) is 53.9 Å². The summed E-state index contributed by atoms with van der Waals surface area (Å²) in [6.07, 6.45) is -0.447. The Kier molecular flexibility index (Phi) is 11.7. The van der Waals surface area contributed by atoms with Crippen LogP contribution in [0.15, 0.2) is 0 Å². The molecule has 0 saturated carbocycles. The van der Waals surface area contributed by atoms with E-state index in [9.17, 15) is 19.2 Å². The summed E-state index contributed by atoms with van der Waals surface area (Å²) in [4.78, 5) is 50.3. The maximum atomic E-state index is 13.1. The Hall–Kier alpha value is -2.32. The topological polar surface area (TPSA) is 120 Å². The fourth-order valence-corrected chi connectivity index (χ4v) is 2.72. The summed E-state index contributed by atoms with van der Waals surface area (Å²) in [6.45, 7) is 15.8. The van der Waals surface area contributed by atoms with Gasteiger partial charge in [0.1, 0.15) is 11.6 Å². The molecule has 0 aromatic carbocycles. The molecule has 4 atom stereocenters. The Balaban J connectivity index is 5.78. The second-order valence-corrected chi connectivity index (χ2v) is 10.0. The number of nitrogens with one attached hydrogen (secondary N) is 2. The van der Waals surface area contributed by atoms with Crippen LogP contribution in [0.4, 0.5) is 4.79 Å². The van der Waals surface area contributed by atoms with Crippen LogP contribution >= 0.6 is 0 Å². The van der Waals surface area contributed by atoms with Gasteiger partial charge in [0, 0.05) is 0 Å². The van der Waals surface area contributed by atoms with Gasteiger partial charge in [-0.25, -0.2) is 9.59 Å². The minimum absolute atomic E-state index is 0.223. The van der Waals surface area contributed by atoms with Gasteiger partial charge in [0.25, 0.3) is 0 Å². The quantitative estimate of drug-likeness (QED) is 0.380. The SMILES string of the molecule is CCC[C@H](NC(=O)OC(C)(C)C)C(=O)N[C@@H]([C@@H](C)CC)[C@@H](OC(=O)C(C)(C)C)C(=O)OC. The molecule has 0 saturated heterocycles. The predicted octanol–water partition coefficient (Wildman–Crippen LogP) is 3.34. The predicted molar refractivity (Wildman–Crippen MR) is 121 cm³/mol. The van der Waals surface area contributed by atoms with Gasteiger partial charge in [-0.15, -0.1) is 0 Å². The standard InChI is InChI=1S/C23H42N2O7/c1-11-13-15(24-21(29)32-23(7,8)9)18(26)25-16(14(3)12-2)17(19(27)30-10)31-20(28)22(4,5)6/h14-17H,11-13H2,1-10H3,(H,24,29)(H,25,26)/t14-,15-,16-,17+/m0/s1. The molecule has 0 radical (unpaired) electrons. The highest BCUT2D eigenvalue weighted by Crippen LogP contribution is 2.22. The van der Waals surface area contributed by atoms with Crippen molar-refractivity contribution in [1.29, 1.82) is 0 Å². The van der Waals surface area contributed by atoms with E-state index in [-0.39, 0.29) is 5.92 Å². The summed E-state index contributed by atoms with van der Waals surface area (Å²) < 4.78 is 15.6. The first-order chi connectivity index (χ1) is 14.6. The van der Waals surface area contributed by atoms with Gasteiger partial charge >= 0.3 is 18.0 Å². The smallest absolute Gasteiger partial charge is 0.408 e. The Bertz CT molecular complexity index is 650. The van der Waals surface area contributed by atoms with Gasteiger partial charge in [-0.1, -0.05) is 33.6 Å². The molecule has 0 aliphatic rings. The highest BCUT2D eigenvalue weighted by atomic mass is 16.6. The van der Waals surface area contributed by atoms with Gasteiger partial charge in [0.05, 0.1) is 18.6 Å². The van der Waals surface area contributed by atoms with Crippen LogP contribution in [0.25, 0.3) is 0 Å². The third-order valence-corrected chi connectivity index (χ3v) is 4.76. The van der Waals surface area contributed by atoms with Crippen LogP contribution in [0.1, 0.15) is 81.6 Å². The monoisotopic (exact) mass is 458 g/mol. The lowest BCUT2D eigenvalue weighted by Gasteiger charge is -2.33. The number of hydrogen-bond acceptors (Lipinski definition) is 7. The van der Waals surface area contributed by atoms with Gasteiger partial charge in [-0.2, -0.15) is 0 Å². The molecule has 9 heteroatoms. The number of carbonyl (C=O) groups excluding carboxylic acids is 4. The van der Waals surface area contributed by atoms with Crippen LogP contribution < -0.4 is 10.6 Å². The van der Waals surface area contributed by atoms with Crippen molar-refractivity contribution in [2.45, 2.75) is 105 Å². The first kappa shape index (κ1) is 29.7. The maximum absolute atomic E-state index is 13.1. The van der Waals surface area contributed by atoms with Crippen molar-refractivity contribution in [2.75, 3.05) is 7.11 Å². The number of hydrogen-bond donors (Lipinski definition) is 2. The molecule has 0 spiro atoms. The zero-order valence-electron chi connectivity index (χ0n) is 21.3. The second-order valence-electron chi connectivity index (χ2n) is 10.0. The molecule has 0 aromatic heterocycles. The molecule has 186 valence electrons. The van der Waals surface area contributed by atoms with Crippen molar-refractivity contribution in [3.63, 3.8) is 0 Å². The molecule has 0 fully saturated rings. The Morgan fingerprint density at radius 3 is 1.91 bits per heavy atom. The van der Waals surface area contributed by atoms with E-state index >= 15 is 0 Å². The Morgan fingerprint density at radius 2 is 1.50 bits per heavy atom. The zero-order valence-corrected chi connectivity index (χ0v) is 21.3. The van der Waals surface area contributed by atoms with Crippen molar-refractivity contribution in [3.8, 4) is 0 Å². The van der Waals surface area contributed by atoms with E-state index in [4.69, 9.17) is 14.2 Å². The first-order valence-electron chi connectivity index (χ1n) is 11.2. The van der Waals surface area contributed by atoms with Crippen LogP contribution in [0.5, 0.6) is 0 Å². The average molecular weight is 459 g/mol. The number of carbonyl (C=O) groups is 4. The summed E-state index contributed by atoms with van der Waals surface area (Å²) in [5.74, 6) is -2.07. The van der Waals surface area contributed by atoms with E-state index < -0.39 is 53.1 Å². The van der Waals surface area contributed by atoms with Crippen LogP contribution in [0.3, 0.4) is 0 Å². The lowest BCUT2D eigenvalue weighted by Crippen LogP contribution is -2.57. The Labute approximate surface area is 192 Å². The van der Waals surface area contributed by atoms with E-state index in [0.717, 1.165) is 0 Å². The highest BCUT2D eigenvalue weighted by Gasteiger charge is 2.40. The number of rotatable bonds is 10. The summed E-state index contributed by atoms with van der Waals surface area (Å²) >= 11 is 0. The number of alkyl carbamates (subject to hydrolysis) is 1. The van der Waals surface area contributed by atoms with E-state index in [0.29, 0.717) is 19.3 Å². The van der Waals surface area contributed by atoms with Crippen LogP contribution in [-0.4, -0.2) is 54.8 Å². The average Bonchev–Trinajstić information content (AvgIpc) is 2.66. The summed E-state index contributed by atoms with van der Waals surface area (Å²) in [7, 11) is 1.19. The molecule has 0 aromatic rings. The van der Waals surface area contributed by atoms with E-state index in [2.05, 4.69) is 10.6 Å². The molecule has 0 unspecified atom stereocenters. The molecule has 0 bridgehead atoms. The zero-order chi connectivity index (χ0) is 25.3. The van der Waals surface area contributed by atoms with Crippen molar-refractivity contribution < 1.29 is 33.4 Å². The van der Waals surface area contributed by atoms with Crippen molar-refractivity contribution in [1.82, 2.24) is 10.6 Å².